The van der Waals surface area contributed by atoms with Crippen LogP contribution in [0.15, 0.2) is 52.6 Å². The van der Waals surface area contributed by atoms with Crippen LogP contribution in [0.1, 0.15) is 30.1 Å². The lowest BCUT2D eigenvalue weighted by atomic mass is 10.0. The number of pyridine rings is 1. The van der Waals surface area contributed by atoms with E-state index >= 15 is 0 Å². The molecule has 0 atom stereocenters. The van der Waals surface area contributed by atoms with E-state index in [1.54, 1.807) is 4.52 Å². The Morgan fingerprint density at radius 1 is 1.27 bits per heavy atom. The van der Waals surface area contributed by atoms with Crippen LogP contribution in [0, 0.1) is 6.92 Å². The number of hydrogen-bond donors (Lipinski definition) is 4. The van der Waals surface area contributed by atoms with Crippen LogP contribution in [-0.4, -0.2) is 38.1 Å². The Morgan fingerprint density at radius 3 is 2.85 bits per heavy atom. The number of nitrogens with two attached hydrogens (primary N) is 2. The Labute approximate surface area is 190 Å². The van der Waals surface area contributed by atoms with Crippen molar-refractivity contribution in [3.63, 3.8) is 0 Å². The molecule has 0 unspecified atom stereocenters. The molecule has 4 heterocycles. The molecule has 0 saturated carbocycles. The minimum Gasteiger partial charge on any atom is -0.322 e. The third-order valence-electron chi connectivity index (χ3n) is 6.23. The number of fused-ring (bicyclic) bond motifs is 2. The minimum atomic E-state index is 0.0538. The highest BCUT2D eigenvalue weighted by Gasteiger charge is 2.17. The summed E-state index contributed by atoms with van der Waals surface area (Å²) in [6.45, 7) is 3.80. The van der Waals surface area contributed by atoms with E-state index in [9.17, 15) is 4.79 Å². The van der Waals surface area contributed by atoms with Crippen molar-refractivity contribution in [1.82, 2.24) is 29.9 Å². The van der Waals surface area contributed by atoms with Crippen LogP contribution in [0.3, 0.4) is 0 Å². The van der Waals surface area contributed by atoms with Gasteiger partial charge in [-0.15, -0.1) is 0 Å². The number of imidazole rings is 1. The quantitative estimate of drug-likeness (QED) is 0.160. The van der Waals surface area contributed by atoms with Gasteiger partial charge in [-0.05, 0) is 62.5 Å². The summed E-state index contributed by atoms with van der Waals surface area (Å²) in [4.78, 5) is 17.7. The predicted octanol–water partition coefficient (Wildman–Crippen LogP) is 1.22. The zero-order valence-electron chi connectivity index (χ0n) is 18.5. The predicted molar refractivity (Wildman–Crippen MR) is 129 cm³/mol. The zero-order chi connectivity index (χ0) is 22.9. The van der Waals surface area contributed by atoms with Crippen LogP contribution in [0.5, 0.6) is 0 Å². The van der Waals surface area contributed by atoms with E-state index in [-0.39, 0.29) is 11.6 Å². The summed E-state index contributed by atoms with van der Waals surface area (Å²) in [6, 6.07) is 10.1. The Kier molecular flexibility index (Phi) is 5.53. The maximum atomic E-state index is 13.2. The minimum absolute atomic E-state index is 0.0538. The number of aryl methyl sites for hydroxylation is 1. The molecule has 0 amide bonds. The number of hydrazine groups is 1. The fourth-order valence-corrected chi connectivity index (χ4v) is 4.53. The molecule has 0 bridgehead atoms. The Balaban J connectivity index is 1.58. The molecule has 4 aromatic rings. The maximum absolute atomic E-state index is 13.2. The molecule has 170 valence electrons. The first-order valence-corrected chi connectivity index (χ1v) is 11.0. The molecule has 1 aliphatic heterocycles. The van der Waals surface area contributed by atoms with E-state index in [2.05, 4.69) is 20.8 Å². The van der Waals surface area contributed by atoms with Crippen LogP contribution in [0.4, 0.5) is 0 Å². The van der Waals surface area contributed by atoms with E-state index < -0.39 is 0 Å². The van der Waals surface area contributed by atoms with Gasteiger partial charge in [0.25, 0.3) is 5.56 Å². The third kappa shape index (κ3) is 3.94. The molecule has 3 aromatic heterocycles. The largest absolute Gasteiger partial charge is 0.322 e. The van der Waals surface area contributed by atoms with Crippen molar-refractivity contribution in [2.75, 3.05) is 13.1 Å². The van der Waals surface area contributed by atoms with Gasteiger partial charge in [0.15, 0.2) is 5.65 Å². The fraction of sp³-hybridized carbons (Fsp3) is 0.304. The molecule has 5 rings (SSSR count). The molecule has 10 heteroatoms. The van der Waals surface area contributed by atoms with Gasteiger partial charge in [0, 0.05) is 35.2 Å². The van der Waals surface area contributed by atoms with Gasteiger partial charge < -0.3 is 21.2 Å². The monoisotopic (exact) mass is 445 g/mol. The first kappa shape index (κ1) is 21.1. The molecular formula is C23H27N9O. The smallest absolute Gasteiger partial charge is 0.258 e. The molecule has 0 aliphatic carbocycles. The molecule has 1 aliphatic rings. The first-order chi connectivity index (χ1) is 16.1. The van der Waals surface area contributed by atoms with E-state index in [1.807, 2.05) is 54.2 Å². The standard InChI is InChI=1S/C23H27N9O/c1-14-13-32-22(27-14)17(12-21(28-24)29-25)11-20(30-32)16-2-3-19-15(10-16)6-9-31(23(19)33)18-4-7-26-8-5-18/h2-3,6,9-11,13,18,26H,4-5,7-8,12,24-25H2,1H3,(H,28,29). The van der Waals surface area contributed by atoms with Gasteiger partial charge in [0.2, 0.25) is 0 Å². The van der Waals surface area contributed by atoms with Crippen molar-refractivity contribution in [1.29, 1.82) is 0 Å². The highest BCUT2D eigenvalue weighted by Crippen LogP contribution is 2.25. The van der Waals surface area contributed by atoms with Crippen molar-refractivity contribution in [2.24, 2.45) is 16.8 Å². The van der Waals surface area contributed by atoms with Crippen molar-refractivity contribution in [3.05, 3.63) is 64.3 Å². The summed E-state index contributed by atoms with van der Waals surface area (Å²) in [7, 11) is 0. The number of piperidine rings is 1. The second-order valence-electron chi connectivity index (χ2n) is 8.41. The lowest BCUT2D eigenvalue weighted by molar-refractivity contribution is 0.362. The third-order valence-corrected chi connectivity index (χ3v) is 6.23. The lowest BCUT2D eigenvalue weighted by Gasteiger charge is -2.25. The van der Waals surface area contributed by atoms with Crippen LogP contribution in [0.2, 0.25) is 0 Å². The maximum Gasteiger partial charge on any atom is 0.258 e. The summed E-state index contributed by atoms with van der Waals surface area (Å²) < 4.78 is 3.64. The highest BCUT2D eigenvalue weighted by molar-refractivity contribution is 5.87. The number of hydrogen-bond acceptors (Lipinski definition) is 7. The molecule has 6 N–H and O–H groups in total. The van der Waals surface area contributed by atoms with Gasteiger partial charge in [-0.2, -0.15) is 10.2 Å². The number of aromatic nitrogens is 4. The number of hydrazone groups is 1. The summed E-state index contributed by atoms with van der Waals surface area (Å²) >= 11 is 0. The molecule has 10 nitrogen and oxygen atoms in total. The number of rotatable bonds is 4. The number of nitrogens with one attached hydrogen (secondary N) is 2. The van der Waals surface area contributed by atoms with Crippen LogP contribution < -0.4 is 28.0 Å². The van der Waals surface area contributed by atoms with Crippen LogP contribution in [-0.2, 0) is 6.42 Å². The van der Waals surface area contributed by atoms with E-state index in [0.29, 0.717) is 17.6 Å². The van der Waals surface area contributed by atoms with Gasteiger partial charge >= 0.3 is 0 Å². The van der Waals surface area contributed by atoms with Crippen LogP contribution in [0.25, 0.3) is 27.7 Å². The van der Waals surface area contributed by atoms with Crippen molar-refractivity contribution < 1.29 is 0 Å². The second kappa shape index (κ2) is 8.64. The van der Waals surface area contributed by atoms with Crippen LogP contribution >= 0.6 is 0 Å². The average Bonchev–Trinajstić information content (AvgIpc) is 3.23. The number of benzene rings is 1. The Hall–Kier alpha value is -3.76. The van der Waals surface area contributed by atoms with E-state index in [4.69, 9.17) is 16.8 Å². The van der Waals surface area contributed by atoms with Crippen molar-refractivity contribution in [3.8, 4) is 11.3 Å². The normalized spacial score (nSPS) is 15.4. The molecule has 1 aromatic carbocycles. The van der Waals surface area contributed by atoms with E-state index in [1.165, 1.54) is 0 Å². The molecule has 1 saturated heterocycles. The molecule has 1 fully saturated rings. The van der Waals surface area contributed by atoms with E-state index in [0.717, 1.165) is 59.5 Å². The molecule has 0 spiro atoms. The lowest BCUT2D eigenvalue weighted by Crippen LogP contribution is -2.34. The topological polar surface area (TPSA) is 141 Å². The molecular weight excluding hydrogens is 418 g/mol. The average molecular weight is 446 g/mol. The Morgan fingerprint density at radius 2 is 2.09 bits per heavy atom. The van der Waals surface area contributed by atoms with Crippen molar-refractivity contribution in [2.45, 2.75) is 32.2 Å². The fourth-order valence-electron chi connectivity index (χ4n) is 4.53. The van der Waals surface area contributed by atoms with Crippen molar-refractivity contribution >= 4 is 22.3 Å². The van der Waals surface area contributed by atoms with Gasteiger partial charge in [-0.25, -0.2) is 15.3 Å². The molecule has 0 radical (unpaired) electrons. The summed E-state index contributed by atoms with van der Waals surface area (Å²) in [5, 5.41) is 13.4. The summed E-state index contributed by atoms with van der Waals surface area (Å²) in [5.74, 6) is 11.4. The summed E-state index contributed by atoms with van der Waals surface area (Å²) in [5.41, 5.74) is 6.69. The summed E-state index contributed by atoms with van der Waals surface area (Å²) in [6.07, 6.45) is 6.11. The Bertz CT molecular complexity index is 1410. The SMILES string of the molecule is Cc1cn2nc(-c3ccc4c(=O)n(C5CCNCC5)ccc4c3)cc(C/C(=N/N)NN)c2n1. The first-order valence-electron chi connectivity index (χ1n) is 11.0. The number of amidine groups is 1. The van der Waals surface area contributed by atoms with Gasteiger partial charge in [-0.1, -0.05) is 6.07 Å². The second-order valence-corrected chi connectivity index (χ2v) is 8.41. The van der Waals surface area contributed by atoms with Gasteiger partial charge in [-0.3, -0.25) is 4.79 Å². The molecule has 33 heavy (non-hydrogen) atoms. The number of nitrogens with zero attached hydrogens (tertiary/aromatic N) is 5. The van der Waals surface area contributed by atoms with Gasteiger partial charge in [0.1, 0.15) is 5.84 Å². The van der Waals surface area contributed by atoms with Gasteiger partial charge in [0.05, 0.1) is 17.6 Å². The highest BCUT2D eigenvalue weighted by atomic mass is 16.1. The zero-order valence-corrected chi connectivity index (χ0v) is 18.5.